The van der Waals surface area contributed by atoms with Crippen molar-refractivity contribution in [1.82, 2.24) is 15.3 Å². The van der Waals surface area contributed by atoms with Gasteiger partial charge < -0.3 is 10.1 Å². The van der Waals surface area contributed by atoms with Crippen LogP contribution in [0.2, 0.25) is 0 Å². The lowest BCUT2D eigenvalue weighted by Crippen LogP contribution is -2.42. The Kier molecular flexibility index (Phi) is 6.36. The molecular formula is C18H15F6N3O4S. The zero-order valence-corrected chi connectivity index (χ0v) is 16.8. The summed E-state index contributed by atoms with van der Waals surface area (Å²) in [7, 11) is -3.91. The summed E-state index contributed by atoms with van der Waals surface area (Å²) in [6, 6.07) is 4.08. The molecule has 7 nitrogen and oxygen atoms in total. The van der Waals surface area contributed by atoms with Gasteiger partial charge in [-0.2, -0.15) is 13.2 Å². The highest BCUT2D eigenvalue weighted by Gasteiger charge is 2.40. The van der Waals surface area contributed by atoms with E-state index in [9.17, 15) is 39.6 Å². The fourth-order valence-electron chi connectivity index (χ4n) is 3.07. The predicted octanol–water partition coefficient (Wildman–Crippen LogP) is 3.38. The summed E-state index contributed by atoms with van der Waals surface area (Å²) >= 11 is 0. The zero-order chi connectivity index (χ0) is 23.7. The zero-order valence-electron chi connectivity index (χ0n) is 15.9. The molecule has 0 radical (unpaired) electrons. The van der Waals surface area contributed by atoms with Crippen molar-refractivity contribution in [3.05, 3.63) is 48.0 Å². The van der Waals surface area contributed by atoms with E-state index in [2.05, 4.69) is 20.0 Å². The Morgan fingerprint density at radius 3 is 2.28 bits per heavy atom. The van der Waals surface area contributed by atoms with Crippen LogP contribution in [0.15, 0.2) is 41.6 Å². The van der Waals surface area contributed by atoms with Crippen LogP contribution in [0.3, 0.4) is 0 Å². The monoisotopic (exact) mass is 483 g/mol. The second kappa shape index (κ2) is 8.56. The van der Waals surface area contributed by atoms with Gasteiger partial charge in [-0.3, -0.25) is 4.79 Å². The molecule has 1 saturated carbocycles. The molecule has 0 unspecified atom stereocenters. The number of benzene rings is 1. The lowest BCUT2D eigenvalue weighted by Gasteiger charge is -2.34. The minimum atomic E-state index is -4.96. The first-order chi connectivity index (χ1) is 14.8. The first-order valence-corrected chi connectivity index (χ1v) is 10.6. The molecule has 174 valence electrons. The Labute approximate surface area is 177 Å². The van der Waals surface area contributed by atoms with Gasteiger partial charge in [0.25, 0.3) is 5.91 Å². The van der Waals surface area contributed by atoms with Crippen LogP contribution in [0, 0.1) is 5.92 Å². The number of hydrogen-bond acceptors (Lipinski definition) is 6. The molecule has 1 fully saturated rings. The minimum absolute atomic E-state index is 0.0586. The van der Waals surface area contributed by atoms with Crippen LogP contribution in [0.5, 0.6) is 5.75 Å². The molecule has 0 atom stereocenters. The molecule has 2 aromatic rings. The fourth-order valence-corrected chi connectivity index (χ4v) is 5.05. The van der Waals surface area contributed by atoms with Gasteiger partial charge >= 0.3 is 12.5 Å². The number of aromatic nitrogens is 2. The molecule has 1 aromatic heterocycles. The third-order valence-electron chi connectivity index (χ3n) is 4.72. The van der Waals surface area contributed by atoms with Gasteiger partial charge in [-0.15, -0.1) is 13.2 Å². The van der Waals surface area contributed by atoms with Crippen LogP contribution in [0.25, 0.3) is 0 Å². The summed E-state index contributed by atoms with van der Waals surface area (Å²) < 4.78 is 103. The fraction of sp³-hybridized carbons (Fsp3) is 0.389. The normalized spacial score (nSPS) is 19.2. The summed E-state index contributed by atoms with van der Waals surface area (Å²) in [4.78, 5) is 17.9. The lowest BCUT2D eigenvalue weighted by molar-refractivity contribution is -0.274. The van der Waals surface area contributed by atoms with Gasteiger partial charge in [0.2, 0.25) is 5.82 Å². The van der Waals surface area contributed by atoms with Gasteiger partial charge in [-0.25, -0.2) is 18.4 Å². The Morgan fingerprint density at radius 2 is 1.72 bits per heavy atom. The van der Waals surface area contributed by atoms with E-state index in [1.165, 1.54) is 0 Å². The SMILES string of the molecule is O=C(NC[C@H]1C[C@H](S(=O)(=O)c2cccc(OC(F)(F)F)c2)C1)c1cnc(C(F)(F)F)nc1. The van der Waals surface area contributed by atoms with Crippen molar-refractivity contribution in [1.29, 1.82) is 0 Å². The molecule has 14 heteroatoms. The Hall–Kier alpha value is -2.90. The van der Waals surface area contributed by atoms with Crippen molar-refractivity contribution in [2.75, 3.05) is 6.54 Å². The first kappa shape index (κ1) is 23.8. The number of carbonyl (C=O) groups is 1. The van der Waals surface area contributed by atoms with E-state index in [-0.39, 0.29) is 35.8 Å². The van der Waals surface area contributed by atoms with Gasteiger partial charge in [-0.05, 0) is 37.0 Å². The highest BCUT2D eigenvalue weighted by molar-refractivity contribution is 7.92. The first-order valence-electron chi connectivity index (χ1n) is 9.03. The molecule has 0 spiro atoms. The van der Waals surface area contributed by atoms with Crippen LogP contribution in [-0.2, 0) is 16.0 Å². The summed E-state index contributed by atoms with van der Waals surface area (Å²) in [5, 5.41) is 1.62. The number of carbonyl (C=O) groups excluding carboxylic acids is 1. The third-order valence-corrected chi connectivity index (χ3v) is 6.89. The van der Waals surface area contributed by atoms with E-state index < -0.39 is 45.1 Å². The highest BCUT2D eigenvalue weighted by Crippen LogP contribution is 2.37. The van der Waals surface area contributed by atoms with E-state index >= 15 is 0 Å². The number of sulfone groups is 1. The Bertz CT molecular complexity index is 1080. The molecule has 0 aliphatic heterocycles. The number of rotatable bonds is 6. The largest absolute Gasteiger partial charge is 0.573 e. The van der Waals surface area contributed by atoms with Crippen LogP contribution < -0.4 is 10.1 Å². The smallest absolute Gasteiger partial charge is 0.406 e. The van der Waals surface area contributed by atoms with E-state index in [1.54, 1.807) is 0 Å². The van der Waals surface area contributed by atoms with E-state index in [1.807, 2.05) is 0 Å². The maximum absolute atomic E-state index is 12.6. The quantitative estimate of drug-likeness (QED) is 0.633. The molecule has 1 aliphatic carbocycles. The number of halogens is 6. The third kappa shape index (κ3) is 5.66. The number of nitrogens with zero attached hydrogens (tertiary/aromatic N) is 2. The second-order valence-electron chi connectivity index (χ2n) is 7.03. The maximum Gasteiger partial charge on any atom is 0.573 e. The average molecular weight is 483 g/mol. The Balaban J connectivity index is 1.53. The van der Waals surface area contributed by atoms with Crippen molar-refractivity contribution in [2.45, 2.75) is 35.5 Å². The maximum atomic E-state index is 12.6. The number of amides is 1. The molecule has 0 bridgehead atoms. The number of ether oxygens (including phenoxy) is 1. The molecule has 1 aliphatic rings. The average Bonchev–Trinajstić information content (AvgIpc) is 2.64. The molecule has 32 heavy (non-hydrogen) atoms. The molecule has 1 N–H and O–H groups in total. The van der Waals surface area contributed by atoms with Gasteiger partial charge in [-0.1, -0.05) is 6.07 Å². The highest BCUT2D eigenvalue weighted by atomic mass is 32.2. The van der Waals surface area contributed by atoms with E-state index in [0.29, 0.717) is 0 Å². The van der Waals surface area contributed by atoms with Gasteiger partial charge in [0, 0.05) is 18.9 Å². The van der Waals surface area contributed by atoms with Crippen LogP contribution in [0.4, 0.5) is 26.3 Å². The second-order valence-corrected chi connectivity index (χ2v) is 9.26. The molecule has 0 saturated heterocycles. The van der Waals surface area contributed by atoms with Crippen LogP contribution in [-0.4, -0.2) is 42.4 Å². The predicted molar refractivity (Wildman–Crippen MR) is 96.2 cm³/mol. The summed E-state index contributed by atoms with van der Waals surface area (Å²) in [6.07, 6.45) is -7.93. The van der Waals surface area contributed by atoms with Crippen molar-refractivity contribution < 1.29 is 44.3 Å². The number of nitrogens with one attached hydrogen (secondary N) is 1. The Morgan fingerprint density at radius 1 is 1.09 bits per heavy atom. The summed E-state index contributed by atoms with van der Waals surface area (Å²) in [5.74, 6) is -2.99. The van der Waals surface area contributed by atoms with Gasteiger partial charge in [0.05, 0.1) is 15.7 Å². The number of hydrogen-bond donors (Lipinski definition) is 1. The summed E-state index contributed by atoms with van der Waals surface area (Å²) in [5.41, 5.74) is -0.192. The van der Waals surface area contributed by atoms with Crippen molar-refractivity contribution >= 4 is 15.7 Å². The van der Waals surface area contributed by atoms with Gasteiger partial charge in [0.15, 0.2) is 9.84 Å². The lowest BCUT2D eigenvalue weighted by atomic mass is 9.85. The van der Waals surface area contributed by atoms with Crippen LogP contribution in [0.1, 0.15) is 29.0 Å². The molecular weight excluding hydrogens is 468 g/mol. The van der Waals surface area contributed by atoms with Crippen molar-refractivity contribution in [3.63, 3.8) is 0 Å². The molecule has 1 amide bonds. The molecule has 3 rings (SSSR count). The van der Waals surface area contributed by atoms with Crippen LogP contribution >= 0.6 is 0 Å². The van der Waals surface area contributed by atoms with E-state index in [4.69, 9.17) is 0 Å². The molecule has 1 heterocycles. The number of alkyl halides is 6. The van der Waals surface area contributed by atoms with Crippen molar-refractivity contribution in [3.8, 4) is 5.75 Å². The van der Waals surface area contributed by atoms with Crippen molar-refractivity contribution in [2.24, 2.45) is 5.92 Å². The topological polar surface area (TPSA) is 98.2 Å². The standard InChI is InChI=1S/C18H15F6N3O4S/c19-17(20,21)16-26-8-11(9-27-16)15(28)25-7-10-4-14(5-10)32(29,30)13-3-1-2-12(6-13)31-18(22,23)24/h1-3,6,8-10,14H,4-5,7H2,(H,25,28)/t10-,14-. The minimum Gasteiger partial charge on any atom is -0.406 e. The summed E-state index contributed by atoms with van der Waals surface area (Å²) in [6.45, 7) is 0.0586. The van der Waals surface area contributed by atoms with Gasteiger partial charge in [0.1, 0.15) is 5.75 Å². The van der Waals surface area contributed by atoms with E-state index in [0.717, 1.165) is 36.7 Å². The molecule has 1 aromatic carbocycles.